The third-order valence-corrected chi connectivity index (χ3v) is 3.20. The summed E-state index contributed by atoms with van der Waals surface area (Å²) < 4.78 is 0. The second-order valence-electron chi connectivity index (χ2n) is 6.91. The van der Waals surface area contributed by atoms with Crippen LogP contribution in [0.1, 0.15) is 52.7 Å². The zero-order valence-corrected chi connectivity index (χ0v) is 12.2. The highest BCUT2D eigenvalue weighted by molar-refractivity contribution is 5.80. The Balaban J connectivity index is 2.89. The monoisotopic (exact) mass is 242 g/mol. The Bertz CT molecular complexity index is 572. The molecule has 1 aromatic heterocycles. The van der Waals surface area contributed by atoms with Crippen LogP contribution in [0.3, 0.4) is 0 Å². The lowest BCUT2D eigenvalue weighted by Crippen LogP contribution is -2.22. The van der Waals surface area contributed by atoms with Crippen molar-refractivity contribution in [3.8, 4) is 0 Å². The third kappa shape index (κ3) is 2.24. The number of rotatable bonds is 0. The summed E-state index contributed by atoms with van der Waals surface area (Å²) in [6.45, 7) is 13.5. The SMILES string of the molecule is CC(C)(C)c1ccc2nccnc2c1C(C)(C)C. The first-order valence-electron chi connectivity index (χ1n) is 6.46. The quantitative estimate of drug-likeness (QED) is 0.691. The topological polar surface area (TPSA) is 25.8 Å². The lowest BCUT2D eigenvalue weighted by molar-refractivity contribution is 0.533. The van der Waals surface area contributed by atoms with Crippen molar-refractivity contribution in [3.63, 3.8) is 0 Å². The Hall–Kier alpha value is -1.44. The highest BCUT2D eigenvalue weighted by Crippen LogP contribution is 2.37. The molecule has 0 atom stereocenters. The van der Waals surface area contributed by atoms with Crippen LogP contribution in [-0.2, 0) is 10.8 Å². The summed E-state index contributed by atoms with van der Waals surface area (Å²) in [7, 11) is 0. The number of aromatic nitrogens is 2. The summed E-state index contributed by atoms with van der Waals surface area (Å²) >= 11 is 0. The average molecular weight is 242 g/mol. The van der Waals surface area contributed by atoms with Gasteiger partial charge in [0, 0.05) is 12.4 Å². The summed E-state index contributed by atoms with van der Waals surface area (Å²) in [5.74, 6) is 0. The van der Waals surface area contributed by atoms with Gasteiger partial charge in [0.25, 0.3) is 0 Å². The normalized spacial score (nSPS) is 13.0. The van der Waals surface area contributed by atoms with E-state index >= 15 is 0 Å². The highest BCUT2D eigenvalue weighted by atomic mass is 14.8. The van der Waals surface area contributed by atoms with Crippen LogP contribution in [0.25, 0.3) is 11.0 Å². The lowest BCUT2D eigenvalue weighted by Gasteiger charge is -2.30. The van der Waals surface area contributed by atoms with Gasteiger partial charge in [0.05, 0.1) is 11.0 Å². The Labute approximate surface area is 109 Å². The van der Waals surface area contributed by atoms with E-state index in [1.54, 1.807) is 12.4 Å². The van der Waals surface area contributed by atoms with Gasteiger partial charge in [-0.1, -0.05) is 47.6 Å². The first kappa shape index (κ1) is 13.0. The number of benzene rings is 1. The molecule has 1 aromatic carbocycles. The van der Waals surface area contributed by atoms with Gasteiger partial charge in [-0.2, -0.15) is 0 Å². The van der Waals surface area contributed by atoms with Crippen molar-refractivity contribution in [3.05, 3.63) is 35.7 Å². The van der Waals surface area contributed by atoms with E-state index in [0.29, 0.717) is 0 Å². The van der Waals surface area contributed by atoms with Crippen LogP contribution < -0.4 is 0 Å². The van der Waals surface area contributed by atoms with E-state index in [1.165, 1.54) is 11.1 Å². The van der Waals surface area contributed by atoms with Crippen molar-refractivity contribution in [2.45, 2.75) is 52.4 Å². The van der Waals surface area contributed by atoms with Crippen LogP contribution in [0, 0.1) is 0 Å². The number of hydrogen-bond donors (Lipinski definition) is 0. The van der Waals surface area contributed by atoms with Gasteiger partial charge in [-0.25, -0.2) is 0 Å². The molecule has 18 heavy (non-hydrogen) atoms. The Morgan fingerprint density at radius 3 is 1.94 bits per heavy atom. The molecular weight excluding hydrogens is 220 g/mol. The molecule has 0 saturated heterocycles. The maximum atomic E-state index is 4.56. The molecule has 0 aliphatic rings. The number of fused-ring (bicyclic) bond motifs is 1. The predicted octanol–water partition coefficient (Wildman–Crippen LogP) is 4.22. The summed E-state index contributed by atoms with van der Waals surface area (Å²) in [6, 6.07) is 4.29. The Morgan fingerprint density at radius 2 is 1.39 bits per heavy atom. The van der Waals surface area contributed by atoms with E-state index < -0.39 is 0 Å². The minimum absolute atomic E-state index is 0.0676. The van der Waals surface area contributed by atoms with Crippen molar-refractivity contribution >= 4 is 11.0 Å². The van der Waals surface area contributed by atoms with Crippen LogP contribution in [0.2, 0.25) is 0 Å². The molecule has 2 nitrogen and oxygen atoms in total. The molecule has 0 unspecified atom stereocenters. The molecule has 0 bridgehead atoms. The smallest absolute Gasteiger partial charge is 0.0926 e. The van der Waals surface area contributed by atoms with Gasteiger partial charge >= 0.3 is 0 Å². The maximum Gasteiger partial charge on any atom is 0.0926 e. The van der Waals surface area contributed by atoms with Crippen molar-refractivity contribution in [2.75, 3.05) is 0 Å². The molecule has 0 aliphatic carbocycles. The fourth-order valence-electron chi connectivity index (χ4n) is 2.42. The van der Waals surface area contributed by atoms with Gasteiger partial charge in [-0.15, -0.1) is 0 Å². The molecule has 2 aromatic rings. The minimum Gasteiger partial charge on any atom is -0.253 e. The number of nitrogens with zero attached hydrogens (tertiary/aromatic N) is 2. The molecule has 0 saturated carbocycles. The van der Waals surface area contributed by atoms with E-state index in [4.69, 9.17) is 0 Å². The van der Waals surface area contributed by atoms with Crippen LogP contribution in [0.5, 0.6) is 0 Å². The van der Waals surface area contributed by atoms with E-state index in [1.807, 2.05) is 0 Å². The fraction of sp³-hybridized carbons (Fsp3) is 0.500. The molecule has 2 heteroatoms. The molecule has 0 N–H and O–H groups in total. The van der Waals surface area contributed by atoms with Crippen molar-refractivity contribution in [1.29, 1.82) is 0 Å². The van der Waals surface area contributed by atoms with Gasteiger partial charge in [0.1, 0.15) is 0 Å². The van der Waals surface area contributed by atoms with E-state index in [9.17, 15) is 0 Å². The number of hydrogen-bond acceptors (Lipinski definition) is 2. The zero-order valence-electron chi connectivity index (χ0n) is 12.2. The maximum absolute atomic E-state index is 4.56. The largest absolute Gasteiger partial charge is 0.253 e. The van der Waals surface area contributed by atoms with Crippen LogP contribution in [0.15, 0.2) is 24.5 Å². The molecule has 96 valence electrons. The van der Waals surface area contributed by atoms with E-state index in [2.05, 4.69) is 63.6 Å². The lowest BCUT2D eigenvalue weighted by atomic mass is 9.74. The van der Waals surface area contributed by atoms with Gasteiger partial charge in [-0.05, 0) is 28.0 Å². The van der Waals surface area contributed by atoms with Gasteiger partial charge in [0.2, 0.25) is 0 Å². The molecule has 0 fully saturated rings. The van der Waals surface area contributed by atoms with Gasteiger partial charge in [-0.3, -0.25) is 9.97 Å². The standard InChI is InChI=1S/C16H22N2/c1-15(2,3)11-7-8-12-14(18-10-9-17-12)13(11)16(4,5)6/h7-10H,1-6H3. The summed E-state index contributed by atoms with van der Waals surface area (Å²) in [5, 5.41) is 0. The zero-order chi connectivity index (χ0) is 13.6. The molecule has 0 amide bonds. The van der Waals surface area contributed by atoms with Gasteiger partial charge < -0.3 is 0 Å². The molecule has 1 heterocycles. The second kappa shape index (κ2) is 4.04. The molecule has 2 rings (SSSR count). The van der Waals surface area contributed by atoms with Crippen LogP contribution >= 0.6 is 0 Å². The van der Waals surface area contributed by atoms with E-state index in [0.717, 1.165) is 11.0 Å². The van der Waals surface area contributed by atoms with E-state index in [-0.39, 0.29) is 10.8 Å². The summed E-state index contributed by atoms with van der Waals surface area (Å²) in [5.41, 5.74) is 4.89. The van der Waals surface area contributed by atoms with Crippen LogP contribution in [-0.4, -0.2) is 9.97 Å². The first-order valence-corrected chi connectivity index (χ1v) is 6.46. The Morgan fingerprint density at radius 1 is 0.778 bits per heavy atom. The summed E-state index contributed by atoms with van der Waals surface area (Å²) in [6.07, 6.45) is 3.54. The van der Waals surface area contributed by atoms with Crippen molar-refractivity contribution < 1.29 is 0 Å². The molecule has 0 aliphatic heterocycles. The molecular formula is C16H22N2. The minimum atomic E-state index is 0.0676. The average Bonchev–Trinajstić information content (AvgIpc) is 2.24. The van der Waals surface area contributed by atoms with Crippen molar-refractivity contribution in [2.24, 2.45) is 0 Å². The molecule has 0 radical (unpaired) electrons. The Kier molecular flexibility index (Phi) is 2.92. The molecule has 0 spiro atoms. The van der Waals surface area contributed by atoms with Crippen LogP contribution in [0.4, 0.5) is 0 Å². The van der Waals surface area contributed by atoms with Gasteiger partial charge in [0.15, 0.2) is 0 Å². The fourth-order valence-corrected chi connectivity index (χ4v) is 2.42. The summed E-state index contributed by atoms with van der Waals surface area (Å²) in [4.78, 5) is 8.98. The first-order chi connectivity index (χ1) is 8.21. The highest BCUT2D eigenvalue weighted by Gasteiger charge is 2.27. The third-order valence-electron chi connectivity index (χ3n) is 3.20. The predicted molar refractivity (Wildman–Crippen MR) is 76.9 cm³/mol. The second-order valence-corrected chi connectivity index (χ2v) is 6.91. The van der Waals surface area contributed by atoms with Crippen molar-refractivity contribution in [1.82, 2.24) is 9.97 Å².